The number of amides is 1. The number of carboxylic acids is 1. The number of benzene rings is 1. The predicted molar refractivity (Wildman–Crippen MR) is 54.5 cm³/mol. The fourth-order valence-electron chi connectivity index (χ4n) is 1.46. The standard InChI is InChI=1S/C10H9NO3S/c12-9-6-15-8-4-2-1-3-7(8)11(9)5-10(13)14/h1-4H,5-6H2,(H,13,14)/p-1. The minimum Gasteiger partial charge on any atom is -0.548 e. The van der Waals surface area contributed by atoms with Crippen LogP contribution in [0.4, 0.5) is 5.69 Å². The molecule has 0 saturated carbocycles. The van der Waals surface area contributed by atoms with E-state index in [4.69, 9.17) is 0 Å². The fraction of sp³-hybridized carbons (Fsp3) is 0.200. The molecule has 5 heteroatoms. The third-order valence-electron chi connectivity index (χ3n) is 2.10. The van der Waals surface area contributed by atoms with Crippen molar-refractivity contribution >= 4 is 29.3 Å². The summed E-state index contributed by atoms with van der Waals surface area (Å²) in [6.07, 6.45) is 0. The Morgan fingerprint density at radius 1 is 1.47 bits per heavy atom. The Hall–Kier alpha value is -1.49. The molecular weight excluding hydrogens is 214 g/mol. The van der Waals surface area contributed by atoms with Crippen LogP contribution >= 0.6 is 11.8 Å². The maximum atomic E-state index is 11.5. The lowest BCUT2D eigenvalue weighted by Crippen LogP contribution is -2.44. The van der Waals surface area contributed by atoms with E-state index in [2.05, 4.69) is 0 Å². The third-order valence-corrected chi connectivity index (χ3v) is 3.14. The van der Waals surface area contributed by atoms with Gasteiger partial charge in [-0.3, -0.25) is 4.79 Å². The Labute approximate surface area is 90.9 Å². The molecule has 0 aliphatic carbocycles. The van der Waals surface area contributed by atoms with Crippen LogP contribution in [0.5, 0.6) is 0 Å². The van der Waals surface area contributed by atoms with Crippen LogP contribution < -0.4 is 10.0 Å². The first-order valence-corrected chi connectivity index (χ1v) is 5.39. The van der Waals surface area contributed by atoms with E-state index >= 15 is 0 Å². The van der Waals surface area contributed by atoms with Crippen molar-refractivity contribution in [3.05, 3.63) is 24.3 Å². The number of fused-ring (bicyclic) bond motifs is 1. The van der Waals surface area contributed by atoms with Crippen molar-refractivity contribution in [3.8, 4) is 0 Å². The van der Waals surface area contributed by atoms with Gasteiger partial charge in [0.15, 0.2) is 0 Å². The van der Waals surface area contributed by atoms with E-state index in [1.165, 1.54) is 16.7 Å². The van der Waals surface area contributed by atoms with Crippen LogP contribution in [0.1, 0.15) is 0 Å². The van der Waals surface area contributed by atoms with Gasteiger partial charge in [-0.1, -0.05) is 12.1 Å². The number of carboxylic acid groups (broad SMARTS) is 1. The minimum absolute atomic E-state index is 0.192. The van der Waals surface area contributed by atoms with Crippen LogP contribution in [0, 0.1) is 0 Å². The number of para-hydroxylation sites is 1. The molecule has 78 valence electrons. The molecule has 1 amide bonds. The number of rotatable bonds is 2. The van der Waals surface area contributed by atoms with E-state index in [0.717, 1.165) is 4.90 Å². The summed E-state index contributed by atoms with van der Waals surface area (Å²) in [5.74, 6) is -1.16. The van der Waals surface area contributed by atoms with E-state index in [1.807, 2.05) is 12.1 Å². The number of carbonyl (C=O) groups is 2. The van der Waals surface area contributed by atoms with Gasteiger partial charge in [0, 0.05) is 4.90 Å². The predicted octanol–water partition coefficient (Wildman–Crippen LogP) is -0.125. The summed E-state index contributed by atoms with van der Waals surface area (Å²) in [4.78, 5) is 24.2. The van der Waals surface area contributed by atoms with Crippen LogP contribution in [-0.4, -0.2) is 24.2 Å². The average Bonchev–Trinajstić information content (AvgIpc) is 2.22. The fourth-order valence-corrected chi connectivity index (χ4v) is 2.39. The molecular formula is C10H8NO3S-. The topological polar surface area (TPSA) is 60.4 Å². The molecule has 0 unspecified atom stereocenters. The smallest absolute Gasteiger partial charge is 0.237 e. The Bertz CT molecular complexity index is 419. The maximum Gasteiger partial charge on any atom is 0.237 e. The van der Waals surface area contributed by atoms with Crippen LogP contribution in [0.15, 0.2) is 29.2 Å². The zero-order valence-corrected chi connectivity index (χ0v) is 8.62. The Morgan fingerprint density at radius 2 is 2.20 bits per heavy atom. The van der Waals surface area contributed by atoms with E-state index in [0.29, 0.717) is 5.69 Å². The molecule has 0 aromatic heterocycles. The molecule has 0 saturated heterocycles. The summed E-state index contributed by atoms with van der Waals surface area (Å²) in [7, 11) is 0. The molecule has 1 heterocycles. The summed E-state index contributed by atoms with van der Waals surface area (Å²) in [5, 5.41) is 10.5. The summed E-state index contributed by atoms with van der Waals surface area (Å²) in [5.41, 5.74) is 0.656. The van der Waals surface area contributed by atoms with Crippen molar-refractivity contribution in [2.75, 3.05) is 17.2 Å². The minimum atomic E-state index is -1.25. The molecule has 0 N–H and O–H groups in total. The molecule has 0 bridgehead atoms. The molecule has 0 radical (unpaired) electrons. The molecule has 0 atom stereocenters. The molecule has 0 fully saturated rings. The highest BCUT2D eigenvalue weighted by atomic mass is 32.2. The number of nitrogens with zero attached hydrogens (tertiary/aromatic N) is 1. The lowest BCUT2D eigenvalue weighted by molar-refractivity contribution is -0.303. The van der Waals surface area contributed by atoms with Crippen molar-refractivity contribution in [2.24, 2.45) is 0 Å². The second-order valence-corrected chi connectivity index (χ2v) is 4.13. The van der Waals surface area contributed by atoms with E-state index in [9.17, 15) is 14.7 Å². The zero-order chi connectivity index (χ0) is 10.8. The van der Waals surface area contributed by atoms with Gasteiger partial charge < -0.3 is 14.8 Å². The number of carbonyl (C=O) groups excluding carboxylic acids is 2. The Balaban J connectivity index is 2.37. The van der Waals surface area contributed by atoms with Crippen molar-refractivity contribution in [1.82, 2.24) is 0 Å². The van der Waals surface area contributed by atoms with E-state index in [-0.39, 0.29) is 18.2 Å². The molecule has 0 spiro atoms. The average molecular weight is 222 g/mol. The second kappa shape index (κ2) is 3.94. The quantitative estimate of drug-likeness (QED) is 0.699. The molecule has 1 aliphatic heterocycles. The molecule has 2 rings (SSSR count). The summed E-state index contributed by atoms with van der Waals surface area (Å²) in [6.45, 7) is -0.379. The van der Waals surface area contributed by atoms with Crippen molar-refractivity contribution in [1.29, 1.82) is 0 Å². The highest BCUT2D eigenvalue weighted by Crippen LogP contribution is 2.34. The lowest BCUT2D eigenvalue weighted by Gasteiger charge is -2.28. The van der Waals surface area contributed by atoms with Crippen LogP contribution in [-0.2, 0) is 9.59 Å². The van der Waals surface area contributed by atoms with E-state index in [1.54, 1.807) is 12.1 Å². The van der Waals surface area contributed by atoms with Gasteiger partial charge in [-0.05, 0) is 12.1 Å². The van der Waals surface area contributed by atoms with Gasteiger partial charge in [0.1, 0.15) is 0 Å². The number of aliphatic carboxylic acids is 1. The third kappa shape index (κ3) is 1.97. The highest BCUT2D eigenvalue weighted by molar-refractivity contribution is 8.00. The molecule has 1 aromatic rings. The van der Waals surface area contributed by atoms with E-state index < -0.39 is 5.97 Å². The van der Waals surface area contributed by atoms with Crippen LogP contribution in [0.2, 0.25) is 0 Å². The van der Waals surface area contributed by atoms with Crippen LogP contribution in [0.25, 0.3) is 0 Å². The molecule has 15 heavy (non-hydrogen) atoms. The molecule has 1 aromatic carbocycles. The number of anilines is 1. The van der Waals surface area contributed by atoms with Crippen LogP contribution in [0.3, 0.4) is 0 Å². The van der Waals surface area contributed by atoms with Gasteiger partial charge in [-0.2, -0.15) is 0 Å². The first-order valence-electron chi connectivity index (χ1n) is 4.40. The SMILES string of the molecule is O=C([O-])CN1C(=O)CSc2ccccc21. The van der Waals surface area contributed by atoms with Gasteiger partial charge in [-0.25, -0.2) is 0 Å². The summed E-state index contributed by atoms with van der Waals surface area (Å²) in [6, 6.07) is 7.25. The summed E-state index contributed by atoms with van der Waals surface area (Å²) >= 11 is 1.42. The van der Waals surface area contributed by atoms with Gasteiger partial charge in [0.2, 0.25) is 5.91 Å². The number of hydrogen-bond acceptors (Lipinski definition) is 4. The second-order valence-electron chi connectivity index (χ2n) is 3.11. The molecule has 4 nitrogen and oxygen atoms in total. The number of thioether (sulfide) groups is 1. The van der Waals surface area contributed by atoms with Crippen molar-refractivity contribution in [3.63, 3.8) is 0 Å². The zero-order valence-electron chi connectivity index (χ0n) is 7.80. The first kappa shape index (κ1) is 10.0. The van der Waals surface area contributed by atoms with Gasteiger partial charge in [0.05, 0.1) is 24.0 Å². The lowest BCUT2D eigenvalue weighted by atomic mass is 10.2. The van der Waals surface area contributed by atoms with Gasteiger partial charge in [-0.15, -0.1) is 11.8 Å². The maximum absolute atomic E-state index is 11.5. The number of hydrogen-bond donors (Lipinski definition) is 0. The monoisotopic (exact) mass is 222 g/mol. The Morgan fingerprint density at radius 3 is 2.93 bits per heavy atom. The highest BCUT2D eigenvalue weighted by Gasteiger charge is 2.23. The van der Waals surface area contributed by atoms with Gasteiger partial charge >= 0.3 is 0 Å². The van der Waals surface area contributed by atoms with Crippen molar-refractivity contribution in [2.45, 2.75) is 4.90 Å². The Kier molecular flexibility index (Phi) is 2.64. The first-order chi connectivity index (χ1) is 7.18. The molecule has 1 aliphatic rings. The normalized spacial score (nSPS) is 14.9. The summed E-state index contributed by atoms with van der Waals surface area (Å²) < 4.78 is 0. The van der Waals surface area contributed by atoms with Gasteiger partial charge in [0.25, 0.3) is 0 Å². The van der Waals surface area contributed by atoms with Crippen molar-refractivity contribution < 1.29 is 14.7 Å². The largest absolute Gasteiger partial charge is 0.548 e.